The lowest BCUT2D eigenvalue weighted by Crippen LogP contribution is -2.23. The van der Waals surface area contributed by atoms with Crippen LogP contribution in [0.1, 0.15) is 25.8 Å². The largest absolute Gasteiger partial charge is 0.496 e. The summed E-state index contributed by atoms with van der Waals surface area (Å²) in [6.45, 7) is 5.68. The van der Waals surface area contributed by atoms with Crippen molar-refractivity contribution in [2.24, 2.45) is 5.92 Å². The molecule has 0 aliphatic carbocycles. The summed E-state index contributed by atoms with van der Waals surface area (Å²) >= 11 is 0. The molecule has 4 heteroatoms. The second-order valence-corrected chi connectivity index (χ2v) is 4.75. The number of aliphatic hydroxyl groups is 1. The monoisotopic (exact) mass is 251 g/mol. The van der Waals surface area contributed by atoms with Crippen molar-refractivity contribution >= 4 is 11.6 Å². The number of aryl methyl sites for hydroxylation is 1. The van der Waals surface area contributed by atoms with Gasteiger partial charge in [0.1, 0.15) is 5.75 Å². The lowest BCUT2D eigenvalue weighted by atomic mass is 10.0. The van der Waals surface area contributed by atoms with E-state index >= 15 is 0 Å². The molecule has 4 nitrogen and oxygen atoms in total. The zero-order valence-corrected chi connectivity index (χ0v) is 11.4. The average molecular weight is 251 g/mol. The van der Waals surface area contributed by atoms with Crippen molar-refractivity contribution in [2.45, 2.75) is 33.3 Å². The molecule has 0 saturated heterocycles. The van der Waals surface area contributed by atoms with Gasteiger partial charge >= 0.3 is 0 Å². The molecule has 0 aliphatic heterocycles. The van der Waals surface area contributed by atoms with Crippen LogP contribution in [-0.4, -0.2) is 24.2 Å². The standard InChI is InChI=1S/C14H21NO3/c1-9(2)12(16)8-14(17)15-11-5-6-13(18-4)10(3)7-11/h5-7,9,12,16H,8H2,1-4H3,(H,15,17). The third kappa shape index (κ3) is 4.04. The normalized spacial score (nSPS) is 12.3. The Morgan fingerprint density at radius 3 is 2.61 bits per heavy atom. The smallest absolute Gasteiger partial charge is 0.226 e. The molecule has 0 aliphatic rings. The van der Waals surface area contributed by atoms with E-state index in [4.69, 9.17) is 4.74 Å². The van der Waals surface area contributed by atoms with Crippen LogP contribution in [0.4, 0.5) is 5.69 Å². The quantitative estimate of drug-likeness (QED) is 0.844. The Balaban J connectivity index is 2.62. The molecule has 0 bridgehead atoms. The highest BCUT2D eigenvalue weighted by Gasteiger charge is 2.14. The molecule has 0 radical (unpaired) electrons. The summed E-state index contributed by atoms with van der Waals surface area (Å²) in [5.74, 6) is 0.685. The molecular formula is C14H21NO3. The van der Waals surface area contributed by atoms with E-state index in [1.54, 1.807) is 13.2 Å². The van der Waals surface area contributed by atoms with E-state index in [-0.39, 0.29) is 18.2 Å². The van der Waals surface area contributed by atoms with E-state index < -0.39 is 6.10 Å². The third-order valence-corrected chi connectivity index (χ3v) is 2.84. The zero-order chi connectivity index (χ0) is 13.7. The SMILES string of the molecule is COc1ccc(NC(=O)CC(O)C(C)C)cc1C. The summed E-state index contributed by atoms with van der Waals surface area (Å²) in [6.07, 6.45) is -0.493. The van der Waals surface area contributed by atoms with E-state index in [0.717, 1.165) is 11.3 Å². The Bertz CT molecular complexity index is 416. The van der Waals surface area contributed by atoms with Gasteiger partial charge in [-0.2, -0.15) is 0 Å². The van der Waals surface area contributed by atoms with Crippen LogP contribution in [0, 0.1) is 12.8 Å². The number of amides is 1. The first-order valence-corrected chi connectivity index (χ1v) is 6.06. The van der Waals surface area contributed by atoms with Crippen LogP contribution in [0.15, 0.2) is 18.2 Å². The van der Waals surface area contributed by atoms with Crippen LogP contribution >= 0.6 is 0 Å². The van der Waals surface area contributed by atoms with Gasteiger partial charge in [-0.05, 0) is 36.6 Å². The molecule has 1 atom stereocenters. The predicted octanol–water partition coefficient (Wildman–Crippen LogP) is 2.35. The maximum atomic E-state index is 11.7. The molecule has 1 aromatic carbocycles. The van der Waals surface area contributed by atoms with Gasteiger partial charge in [-0.1, -0.05) is 13.8 Å². The molecule has 0 spiro atoms. The van der Waals surface area contributed by atoms with Crippen molar-refractivity contribution in [3.63, 3.8) is 0 Å². The molecule has 100 valence electrons. The highest BCUT2D eigenvalue weighted by Crippen LogP contribution is 2.21. The fourth-order valence-electron chi connectivity index (χ4n) is 1.59. The van der Waals surface area contributed by atoms with Gasteiger partial charge in [0, 0.05) is 5.69 Å². The number of carbonyl (C=O) groups excluding carboxylic acids is 1. The van der Waals surface area contributed by atoms with Crippen LogP contribution in [-0.2, 0) is 4.79 Å². The molecule has 1 unspecified atom stereocenters. The maximum Gasteiger partial charge on any atom is 0.226 e. The Kier molecular flexibility index (Phi) is 5.16. The molecule has 1 rings (SSSR count). The van der Waals surface area contributed by atoms with Gasteiger partial charge in [0.25, 0.3) is 0 Å². The van der Waals surface area contributed by atoms with E-state index in [0.29, 0.717) is 5.69 Å². The average Bonchev–Trinajstić information content (AvgIpc) is 2.28. The topological polar surface area (TPSA) is 58.6 Å². The molecule has 0 fully saturated rings. The first kappa shape index (κ1) is 14.5. The predicted molar refractivity (Wildman–Crippen MR) is 71.8 cm³/mol. The molecular weight excluding hydrogens is 230 g/mol. The Hall–Kier alpha value is -1.55. The third-order valence-electron chi connectivity index (χ3n) is 2.84. The van der Waals surface area contributed by atoms with Crippen LogP contribution in [0.2, 0.25) is 0 Å². The van der Waals surface area contributed by atoms with Gasteiger partial charge in [0.05, 0.1) is 19.6 Å². The minimum atomic E-state index is -0.607. The van der Waals surface area contributed by atoms with Gasteiger partial charge in [0.2, 0.25) is 5.91 Å². The van der Waals surface area contributed by atoms with E-state index in [1.165, 1.54) is 0 Å². The van der Waals surface area contributed by atoms with Crippen molar-refractivity contribution in [3.8, 4) is 5.75 Å². The van der Waals surface area contributed by atoms with Crippen molar-refractivity contribution in [1.29, 1.82) is 0 Å². The van der Waals surface area contributed by atoms with Crippen LogP contribution in [0.25, 0.3) is 0 Å². The summed E-state index contributed by atoms with van der Waals surface area (Å²) in [7, 11) is 1.61. The van der Waals surface area contributed by atoms with Gasteiger partial charge in [-0.3, -0.25) is 4.79 Å². The van der Waals surface area contributed by atoms with Gasteiger partial charge in [-0.15, -0.1) is 0 Å². The molecule has 1 aromatic rings. The molecule has 2 N–H and O–H groups in total. The van der Waals surface area contributed by atoms with E-state index in [2.05, 4.69) is 5.32 Å². The van der Waals surface area contributed by atoms with E-state index in [9.17, 15) is 9.90 Å². The highest BCUT2D eigenvalue weighted by molar-refractivity contribution is 5.91. The maximum absolute atomic E-state index is 11.7. The number of carbonyl (C=O) groups is 1. The molecule has 1 amide bonds. The number of nitrogens with one attached hydrogen (secondary N) is 1. The summed E-state index contributed by atoms with van der Waals surface area (Å²) in [5, 5.41) is 12.4. The van der Waals surface area contributed by atoms with Crippen LogP contribution in [0.3, 0.4) is 0 Å². The van der Waals surface area contributed by atoms with Crippen LogP contribution < -0.4 is 10.1 Å². The van der Waals surface area contributed by atoms with Gasteiger partial charge < -0.3 is 15.2 Å². The summed E-state index contributed by atoms with van der Waals surface area (Å²) in [4.78, 5) is 11.7. The lowest BCUT2D eigenvalue weighted by molar-refractivity contribution is -0.118. The number of hydrogen-bond donors (Lipinski definition) is 2. The summed E-state index contributed by atoms with van der Waals surface area (Å²) in [5.41, 5.74) is 1.67. The van der Waals surface area contributed by atoms with Crippen molar-refractivity contribution in [2.75, 3.05) is 12.4 Å². The van der Waals surface area contributed by atoms with Crippen molar-refractivity contribution in [1.82, 2.24) is 0 Å². The minimum Gasteiger partial charge on any atom is -0.496 e. The van der Waals surface area contributed by atoms with Crippen LogP contribution in [0.5, 0.6) is 5.75 Å². The first-order valence-electron chi connectivity index (χ1n) is 6.06. The molecule has 0 heterocycles. The number of hydrogen-bond acceptors (Lipinski definition) is 3. The Labute approximate surface area is 108 Å². The number of methoxy groups -OCH3 is 1. The van der Waals surface area contributed by atoms with E-state index in [1.807, 2.05) is 32.9 Å². The van der Waals surface area contributed by atoms with Gasteiger partial charge in [0.15, 0.2) is 0 Å². The summed E-state index contributed by atoms with van der Waals surface area (Å²) in [6, 6.07) is 5.44. The molecule has 18 heavy (non-hydrogen) atoms. The first-order chi connectivity index (χ1) is 8.43. The minimum absolute atomic E-state index is 0.0772. The van der Waals surface area contributed by atoms with Gasteiger partial charge in [-0.25, -0.2) is 0 Å². The Morgan fingerprint density at radius 1 is 1.44 bits per heavy atom. The lowest BCUT2D eigenvalue weighted by Gasteiger charge is -2.14. The number of anilines is 1. The highest BCUT2D eigenvalue weighted by atomic mass is 16.5. The number of benzene rings is 1. The molecule has 0 saturated carbocycles. The number of ether oxygens (including phenoxy) is 1. The number of rotatable bonds is 5. The van der Waals surface area contributed by atoms with Crippen molar-refractivity contribution < 1.29 is 14.6 Å². The zero-order valence-electron chi connectivity index (χ0n) is 11.4. The summed E-state index contributed by atoms with van der Waals surface area (Å²) < 4.78 is 5.15. The molecule has 0 aromatic heterocycles. The van der Waals surface area contributed by atoms with Crippen molar-refractivity contribution in [3.05, 3.63) is 23.8 Å². The second kappa shape index (κ2) is 6.40. The number of aliphatic hydroxyl groups excluding tert-OH is 1. The Morgan fingerprint density at radius 2 is 2.11 bits per heavy atom. The second-order valence-electron chi connectivity index (χ2n) is 4.75. The fraction of sp³-hybridized carbons (Fsp3) is 0.500. The fourth-order valence-corrected chi connectivity index (χ4v) is 1.59.